The zero-order chi connectivity index (χ0) is 21.4. The van der Waals surface area contributed by atoms with Crippen LogP contribution in [0.1, 0.15) is 24.9 Å². The Morgan fingerprint density at radius 1 is 1.17 bits per heavy atom. The molecule has 0 saturated heterocycles. The first-order valence-electron chi connectivity index (χ1n) is 8.47. The van der Waals surface area contributed by atoms with Crippen molar-refractivity contribution in [2.75, 3.05) is 11.9 Å². The third-order valence-corrected chi connectivity index (χ3v) is 3.74. The van der Waals surface area contributed by atoms with Gasteiger partial charge >= 0.3 is 11.7 Å². The standard InChI is InChI=1S/C19H18FN3O6/c1-12(24)21-16(13-5-3-2-4-6-13)10-19(26)29-11-18(25)22-14-7-8-15(20)17(9-14)23(27)28/h2-9,16H,10-11H2,1H3,(H,21,24)(H,22,25)/t16-/m1/s1. The van der Waals surface area contributed by atoms with Crippen LogP contribution in [0.3, 0.4) is 0 Å². The third kappa shape index (κ3) is 6.69. The van der Waals surface area contributed by atoms with Crippen molar-refractivity contribution in [3.8, 4) is 0 Å². The highest BCUT2D eigenvalue weighted by molar-refractivity contribution is 5.93. The lowest BCUT2D eigenvalue weighted by Crippen LogP contribution is -2.29. The van der Waals surface area contributed by atoms with Gasteiger partial charge in [0.1, 0.15) is 0 Å². The smallest absolute Gasteiger partial charge is 0.308 e. The molecule has 2 aromatic rings. The molecule has 2 N–H and O–H groups in total. The zero-order valence-electron chi connectivity index (χ0n) is 15.4. The lowest BCUT2D eigenvalue weighted by Gasteiger charge is -2.17. The Morgan fingerprint density at radius 3 is 2.48 bits per heavy atom. The number of rotatable bonds is 8. The van der Waals surface area contributed by atoms with Gasteiger partial charge in [-0.25, -0.2) is 0 Å². The van der Waals surface area contributed by atoms with Crippen LogP contribution in [0.4, 0.5) is 15.8 Å². The maximum atomic E-state index is 13.3. The van der Waals surface area contributed by atoms with Gasteiger partial charge in [0, 0.05) is 18.7 Å². The van der Waals surface area contributed by atoms with Crippen molar-refractivity contribution in [1.82, 2.24) is 5.32 Å². The Bertz CT molecular complexity index is 919. The van der Waals surface area contributed by atoms with Crippen LogP contribution >= 0.6 is 0 Å². The molecule has 0 unspecified atom stereocenters. The van der Waals surface area contributed by atoms with E-state index >= 15 is 0 Å². The molecule has 0 radical (unpaired) electrons. The monoisotopic (exact) mass is 403 g/mol. The molecule has 9 nitrogen and oxygen atoms in total. The first-order chi connectivity index (χ1) is 13.8. The Hall–Kier alpha value is -3.82. The van der Waals surface area contributed by atoms with Gasteiger partial charge in [-0.1, -0.05) is 30.3 Å². The summed E-state index contributed by atoms with van der Waals surface area (Å²) in [7, 11) is 0. The molecular formula is C19H18FN3O6. The third-order valence-electron chi connectivity index (χ3n) is 3.74. The quantitative estimate of drug-likeness (QED) is 0.396. The normalized spacial score (nSPS) is 11.2. The van der Waals surface area contributed by atoms with Crippen LogP contribution in [-0.4, -0.2) is 29.3 Å². The fraction of sp³-hybridized carbons (Fsp3) is 0.211. The van der Waals surface area contributed by atoms with Gasteiger partial charge in [-0.2, -0.15) is 4.39 Å². The molecule has 0 fully saturated rings. The highest BCUT2D eigenvalue weighted by Crippen LogP contribution is 2.21. The molecule has 152 valence electrons. The second-order valence-corrected chi connectivity index (χ2v) is 6.00. The summed E-state index contributed by atoms with van der Waals surface area (Å²) >= 11 is 0. The minimum Gasteiger partial charge on any atom is -0.455 e. The topological polar surface area (TPSA) is 128 Å². The lowest BCUT2D eigenvalue weighted by molar-refractivity contribution is -0.387. The van der Waals surface area contributed by atoms with Crippen molar-refractivity contribution in [1.29, 1.82) is 0 Å². The van der Waals surface area contributed by atoms with Crippen molar-refractivity contribution in [3.05, 3.63) is 70.0 Å². The van der Waals surface area contributed by atoms with Gasteiger partial charge in [0.05, 0.1) is 17.4 Å². The maximum Gasteiger partial charge on any atom is 0.308 e. The van der Waals surface area contributed by atoms with E-state index in [9.17, 15) is 28.9 Å². The molecule has 0 aliphatic carbocycles. The summed E-state index contributed by atoms with van der Waals surface area (Å²) in [6, 6.07) is 11.0. The van der Waals surface area contributed by atoms with Gasteiger partial charge in [-0.05, 0) is 17.7 Å². The number of hydrogen-bond donors (Lipinski definition) is 2. The summed E-state index contributed by atoms with van der Waals surface area (Å²) in [5.74, 6) is -2.85. The summed E-state index contributed by atoms with van der Waals surface area (Å²) in [5, 5.41) is 15.6. The number of amides is 2. The Labute approximate surface area is 165 Å². The molecule has 0 spiro atoms. The first kappa shape index (κ1) is 21.5. The van der Waals surface area contributed by atoms with E-state index in [2.05, 4.69) is 10.6 Å². The number of esters is 1. The highest BCUT2D eigenvalue weighted by Gasteiger charge is 2.19. The second-order valence-electron chi connectivity index (χ2n) is 6.00. The Kier molecular flexibility index (Phi) is 7.35. The number of anilines is 1. The maximum absolute atomic E-state index is 13.3. The predicted molar refractivity (Wildman–Crippen MR) is 100 cm³/mol. The van der Waals surface area contributed by atoms with Gasteiger partial charge < -0.3 is 15.4 Å². The summed E-state index contributed by atoms with van der Waals surface area (Å²) in [4.78, 5) is 45.1. The van der Waals surface area contributed by atoms with E-state index < -0.39 is 41.0 Å². The SMILES string of the molecule is CC(=O)N[C@H](CC(=O)OCC(=O)Nc1ccc(F)c([N+](=O)[O-])c1)c1ccccc1. The zero-order valence-corrected chi connectivity index (χ0v) is 15.4. The van der Waals surface area contributed by atoms with Crippen LogP contribution in [0.15, 0.2) is 48.5 Å². The van der Waals surface area contributed by atoms with Crippen LogP contribution in [0, 0.1) is 15.9 Å². The molecule has 10 heteroatoms. The number of nitrogens with zero attached hydrogens (tertiary/aromatic N) is 1. The van der Waals surface area contributed by atoms with E-state index in [0.29, 0.717) is 5.56 Å². The van der Waals surface area contributed by atoms with Crippen molar-refractivity contribution in [2.45, 2.75) is 19.4 Å². The molecule has 2 amide bonds. The number of benzene rings is 2. The number of carbonyl (C=O) groups is 3. The van der Waals surface area contributed by atoms with Crippen LogP contribution in [-0.2, 0) is 19.1 Å². The second kappa shape index (κ2) is 9.93. The minimum atomic E-state index is -1.04. The molecule has 0 aromatic heterocycles. The van der Waals surface area contributed by atoms with Crippen molar-refractivity contribution in [3.63, 3.8) is 0 Å². The van der Waals surface area contributed by atoms with Crippen LogP contribution < -0.4 is 10.6 Å². The van der Waals surface area contributed by atoms with Crippen LogP contribution in [0.2, 0.25) is 0 Å². The summed E-state index contributed by atoms with van der Waals surface area (Å²) in [6.07, 6.45) is -0.196. The molecule has 0 heterocycles. The largest absolute Gasteiger partial charge is 0.455 e. The Morgan fingerprint density at radius 2 is 1.86 bits per heavy atom. The molecule has 0 saturated carbocycles. The number of ether oxygens (including phenoxy) is 1. The van der Waals surface area contributed by atoms with E-state index in [1.54, 1.807) is 30.3 Å². The fourth-order valence-corrected chi connectivity index (χ4v) is 2.48. The minimum absolute atomic E-state index is 0.0143. The number of nitro groups is 1. The van der Waals surface area contributed by atoms with E-state index in [0.717, 1.165) is 18.2 Å². The summed E-state index contributed by atoms with van der Waals surface area (Å²) in [5.41, 5.74) is -0.108. The fourth-order valence-electron chi connectivity index (χ4n) is 2.48. The van der Waals surface area contributed by atoms with Gasteiger partial charge in [0.25, 0.3) is 5.91 Å². The van der Waals surface area contributed by atoms with Gasteiger partial charge in [0.2, 0.25) is 11.7 Å². The average Bonchev–Trinajstić information content (AvgIpc) is 2.67. The molecule has 0 aliphatic rings. The molecule has 2 rings (SSSR count). The Balaban J connectivity index is 1.92. The predicted octanol–water partition coefficient (Wildman–Crippen LogP) is 2.48. The number of halogens is 1. The highest BCUT2D eigenvalue weighted by atomic mass is 19.1. The van der Waals surface area contributed by atoms with E-state index in [1.165, 1.54) is 6.92 Å². The van der Waals surface area contributed by atoms with Gasteiger partial charge in [-0.15, -0.1) is 0 Å². The molecular weight excluding hydrogens is 385 g/mol. The van der Waals surface area contributed by atoms with Gasteiger partial charge in [0.15, 0.2) is 6.61 Å². The molecule has 2 aromatic carbocycles. The van der Waals surface area contributed by atoms with Crippen molar-refractivity contribution in [2.24, 2.45) is 0 Å². The molecule has 1 atom stereocenters. The first-order valence-corrected chi connectivity index (χ1v) is 8.47. The van der Waals surface area contributed by atoms with Crippen LogP contribution in [0.5, 0.6) is 0 Å². The number of hydrogen-bond acceptors (Lipinski definition) is 6. The van der Waals surface area contributed by atoms with E-state index in [1.807, 2.05) is 0 Å². The lowest BCUT2D eigenvalue weighted by atomic mass is 10.0. The number of nitro benzene ring substituents is 1. The molecule has 0 aliphatic heterocycles. The summed E-state index contributed by atoms with van der Waals surface area (Å²) in [6.45, 7) is 0.669. The number of carbonyl (C=O) groups excluding carboxylic acids is 3. The van der Waals surface area contributed by atoms with Crippen molar-refractivity contribution < 1.29 is 28.4 Å². The average molecular weight is 403 g/mol. The molecule has 0 bridgehead atoms. The molecule has 29 heavy (non-hydrogen) atoms. The summed E-state index contributed by atoms with van der Waals surface area (Å²) < 4.78 is 18.2. The van der Waals surface area contributed by atoms with Crippen LogP contribution in [0.25, 0.3) is 0 Å². The van der Waals surface area contributed by atoms with Crippen molar-refractivity contribution >= 4 is 29.2 Å². The van der Waals surface area contributed by atoms with Gasteiger partial charge in [-0.3, -0.25) is 24.5 Å². The number of nitrogens with one attached hydrogen (secondary N) is 2. The van der Waals surface area contributed by atoms with E-state index in [-0.39, 0.29) is 18.0 Å². The van der Waals surface area contributed by atoms with E-state index in [4.69, 9.17) is 4.74 Å².